The third-order valence-corrected chi connectivity index (χ3v) is 6.21. The average Bonchev–Trinajstić information content (AvgIpc) is 3.19. The van der Waals surface area contributed by atoms with Gasteiger partial charge in [0.15, 0.2) is 10.9 Å². The van der Waals surface area contributed by atoms with E-state index in [1.54, 1.807) is 22.8 Å². The number of carbonyl (C=O) groups excluding carboxylic acids is 2. The molecule has 0 unspecified atom stereocenters. The maximum absolute atomic E-state index is 12.6. The van der Waals surface area contributed by atoms with E-state index in [9.17, 15) is 19.7 Å². The maximum atomic E-state index is 12.6. The number of nitrogens with zero attached hydrogens (tertiary/aromatic N) is 4. The van der Waals surface area contributed by atoms with Gasteiger partial charge in [-0.25, -0.2) is 0 Å². The topological polar surface area (TPSA) is 120 Å². The molecular formula is C21H19Cl2N5O4S. The van der Waals surface area contributed by atoms with Crippen LogP contribution in [0.5, 0.6) is 0 Å². The lowest BCUT2D eigenvalue weighted by atomic mass is 10.1. The van der Waals surface area contributed by atoms with Crippen LogP contribution in [-0.2, 0) is 11.2 Å². The molecule has 172 valence electrons. The second kappa shape index (κ2) is 11.3. The van der Waals surface area contributed by atoms with Crippen LogP contribution in [0.15, 0.2) is 47.6 Å². The number of halogens is 2. The molecule has 0 bridgehead atoms. The van der Waals surface area contributed by atoms with E-state index in [-0.39, 0.29) is 23.1 Å². The van der Waals surface area contributed by atoms with Gasteiger partial charge in [-0.05, 0) is 36.8 Å². The van der Waals surface area contributed by atoms with Crippen LogP contribution >= 0.6 is 35.0 Å². The second-order valence-corrected chi connectivity index (χ2v) is 8.69. The Bertz CT molecular complexity index is 1180. The lowest BCUT2D eigenvalue weighted by Crippen LogP contribution is -2.21. The summed E-state index contributed by atoms with van der Waals surface area (Å²) in [4.78, 5) is 34.0. The zero-order valence-electron chi connectivity index (χ0n) is 17.5. The first kappa shape index (κ1) is 24.7. The first-order valence-electron chi connectivity index (χ1n) is 9.81. The lowest BCUT2D eigenvalue weighted by Gasteiger charge is -2.11. The molecule has 0 saturated carbocycles. The summed E-state index contributed by atoms with van der Waals surface area (Å²) in [5.41, 5.74) is 0.973. The summed E-state index contributed by atoms with van der Waals surface area (Å²) < 4.78 is 1.80. The quantitative estimate of drug-likeness (QED) is 0.141. The molecule has 1 amide bonds. The smallest absolute Gasteiger partial charge is 0.269 e. The van der Waals surface area contributed by atoms with E-state index in [1.165, 1.54) is 43.0 Å². The number of nitrogens with one attached hydrogen (secondary N) is 1. The largest absolute Gasteiger partial charge is 0.356 e. The number of aryl methyl sites for hydroxylation is 1. The predicted octanol–water partition coefficient (Wildman–Crippen LogP) is 4.53. The van der Waals surface area contributed by atoms with Crippen LogP contribution < -0.4 is 5.32 Å². The molecule has 0 spiro atoms. The standard InChI is InChI=1S/C21H19Cl2N5O4S/c1-13(29)24-10-2-3-20-25-26-21(27(20)16-8-9-17(22)18(23)11-16)33-12-19(30)14-4-6-15(7-5-14)28(31)32/h4-9,11H,2-3,10,12H2,1H3,(H,24,29). The summed E-state index contributed by atoms with van der Waals surface area (Å²) in [6, 6.07) is 10.6. The fraction of sp³-hybridized carbons (Fsp3) is 0.238. The van der Waals surface area contributed by atoms with Crippen LogP contribution in [0.3, 0.4) is 0 Å². The minimum atomic E-state index is -0.518. The highest BCUT2D eigenvalue weighted by Crippen LogP contribution is 2.29. The first-order chi connectivity index (χ1) is 15.8. The summed E-state index contributed by atoms with van der Waals surface area (Å²) in [6.07, 6.45) is 1.18. The summed E-state index contributed by atoms with van der Waals surface area (Å²) in [5.74, 6) is 0.389. The number of aromatic nitrogens is 3. The van der Waals surface area contributed by atoms with Crippen molar-refractivity contribution in [2.45, 2.75) is 24.9 Å². The van der Waals surface area contributed by atoms with E-state index in [2.05, 4.69) is 15.5 Å². The zero-order valence-corrected chi connectivity index (χ0v) is 19.8. The van der Waals surface area contributed by atoms with Crippen molar-refractivity contribution in [2.75, 3.05) is 12.3 Å². The van der Waals surface area contributed by atoms with E-state index in [0.29, 0.717) is 51.7 Å². The SMILES string of the molecule is CC(=O)NCCCc1nnc(SCC(=O)c2ccc([N+](=O)[O-])cc2)n1-c1ccc(Cl)c(Cl)c1. The van der Waals surface area contributed by atoms with Crippen molar-refractivity contribution < 1.29 is 14.5 Å². The average molecular weight is 508 g/mol. The highest BCUT2D eigenvalue weighted by Gasteiger charge is 2.18. The van der Waals surface area contributed by atoms with Crippen molar-refractivity contribution in [3.8, 4) is 5.69 Å². The number of nitro benzene ring substituents is 1. The monoisotopic (exact) mass is 507 g/mol. The Balaban J connectivity index is 1.79. The molecule has 33 heavy (non-hydrogen) atoms. The van der Waals surface area contributed by atoms with Crippen molar-refractivity contribution in [2.24, 2.45) is 0 Å². The van der Waals surface area contributed by atoms with Crippen molar-refractivity contribution in [1.29, 1.82) is 0 Å². The van der Waals surface area contributed by atoms with Gasteiger partial charge >= 0.3 is 0 Å². The van der Waals surface area contributed by atoms with E-state index in [1.807, 2.05) is 0 Å². The number of benzene rings is 2. The number of Topliss-reactive ketones (excluding diaryl/α,β-unsaturated/α-hetero) is 1. The van der Waals surface area contributed by atoms with Crippen molar-refractivity contribution >= 4 is 52.3 Å². The van der Waals surface area contributed by atoms with Gasteiger partial charge in [-0.2, -0.15) is 0 Å². The van der Waals surface area contributed by atoms with Gasteiger partial charge in [-0.1, -0.05) is 35.0 Å². The molecular weight excluding hydrogens is 489 g/mol. The van der Waals surface area contributed by atoms with Crippen molar-refractivity contribution in [3.05, 3.63) is 74.0 Å². The second-order valence-electron chi connectivity index (χ2n) is 6.93. The van der Waals surface area contributed by atoms with Crippen LogP contribution in [-0.4, -0.2) is 43.7 Å². The van der Waals surface area contributed by atoms with Gasteiger partial charge in [-0.3, -0.25) is 24.3 Å². The van der Waals surface area contributed by atoms with Gasteiger partial charge in [0.1, 0.15) is 5.82 Å². The van der Waals surface area contributed by atoms with E-state index < -0.39 is 4.92 Å². The minimum absolute atomic E-state index is 0.0587. The molecule has 0 aliphatic carbocycles. The number of ketones is 1. The molecule has 0 saturated heterocycles. The maximum Gasteiger partial charge on any atom is 0.269 e. The summed E-state index contributed by atoms with van der Waals surface area (Å²) >= 11 is 13.4. The predicted molar refractivity (Wildman–Crippen MR) is 127 cm³/mol. The molecule has 0 aliphatic heterocycles. The van der Waals surface area contributed by atoms with Crippen LogP contribution in [0.25, 0.3) is 5.69 Å². The lowest BCUT2D eigenvalue weighted by molar-refractivity contribution is -0.384. The molecule has 0 atom stereocenters. The third kappa shape index (κ3) is 6.53. The van der Waals surface area contributed by atoms with Gasteiger partial charge in [-0.15, -0.1) is 10.2 Å². The number of hydrogen-bond acceptors (Lipinski definition) is 7. The molecule has 9 nitrogen and oxygen atoms in total. The number of thioether (sulfide) groups is 1. The van der Waals surface area contributed by atoms with Crippen LogP contribution in [0.1, 0.15) is 29.5 Å². The summed E-state index contributed by atoms with van der Waals surface area (Å²) in [7, 11) is 0. The fourth-order valence-electron chi connectivity index (χ4n) is 2.93. The Kier molecular flexibility index (Phi) is 8.43. The normalized spacial score (nSPS) is 10.8. The molecule has 1 heterocycles. The van der Waals surface area contributed by atoms with Crippen LogP contribution in [0.4, 0.5) is 5.69 Å². The van der Waals surface area contributed by atoms with E-state index in [0.717, 1.165) is 0 Å². The third-order valence-electron chi connectivity index (χ3n) is 4.55. The Labute approximate surface area is 203 Å². The van der Waals surface area contributed by atoms with Gasteiger partial charge < -0.3 is 5.32 Å². The van der Waals surface area contributed by atoms with Crippen LogP contribution in [0, 0.1) is 10.1 Å². The fourth-order valence-corrected chi connectivity index (χ4v) is 4.09. The molecule has 0 fully saturated rings. The number of hydrogen-bond donors (Lipinski definition) is 1. The molecule has 1 N–H and O–H groups in total. The summed E-state index contributed by atoms with van der Waals surface area (Å²) in [6.45, 7) is 1.94. The Hall–Kier alpha value is -2.95. The zero-order chi connectivity index (χ0) is 24.0. The van der Waals surface area contributed by atoms with Gasteiger partial charge in [0, 0.05) is 37.6 Å². The van der Waals surface area contributed by atoms with Gasteiger partial charge in [0.05, 0.1) is 26.4 Å². The summed E-state index contributed by atoms with van der Waals surface area (Å²) in [5, 5.41) is 23.3. The highest BCUT2D eigenvalue weighted by atomic mass is 35.5. The molecule has 3 rings (SSSR count). The van der Waals surface area contributed by atoms with Crippen LogP contribution in [0.2, 0.25) is 10.0 Å². The van der Waals surface area contributed by atoms with Crippen molar-refractivity contribution in [3.63, 3.8) is 0 Å². The number of rotatable bonds is 10. The minimum Gasteiger partial charge on any atom is -0.356 e. The molecule has 0 aliphatic rings. The number of amides is 1. The molecule has 0 radical (unpaired) electrons. The molecule has 12 heteroatoms. The Morgan fingerprint density at radius 2 is 1.85 bits per heavy atom. The highest BCUT2D eigenvalue weighted by molar-refractivity contribution is 7.99. The van der Waals surface area contributed by atoms with E-state index >= 15 is 0 Å². The molecule has 1 aromatic heterocycles. The molecule has 2 aromatic carbocycles. The molecule has 3 aromatic rings. The first-order valence-corrected chi connectivity index (χ1v) is 11.5. The number of nitro groups is 1. The van der Waals surface area contributed by atoms with Gasteiger partial charge in [0.25, 0.3) is 5.69 Å². The van der Waals surface area contributed by atoms with E-state index in [4.69, 9.17) is 23.2 Å². The number of carbonyl (C=O) groups is 2. The number of non-ortho nitro benzene ring substituents is 1. The van der Waals surface area contributed by atoms with Crippen molar-refractivity contribution in [1.82, 2.24) is 20.1 Å². The Morgan fingerprint density at radius 3 is 2.48 bits per heavy atom. The Morgan fingerprint density at radius 1 is 1.12 bits per heavy atom. The van der Waals surface area contributed by atoms with Gasteiger partial charge in [0.2, 0.25) is 5.91 Å².